The molecule has 2 heterocycles. The molecule has 4 amide bonds. The molecule has 1 aromatic rings. The third-order valence-electron chi connectivity index (χ3n) is 4.32. The van der Waals surface area contributed by atoms with Gasteiger partial charge in [-0.2, -0.15) is 0 Å². The first kappa shape index (κ1) is 16.9. The van der Waals surface area contributed by atoms with Gasteiger partial charge in [0.05, 0.1) is 12.2 Å². The molecule has 1 atom stereocenters. The van der Waals surface area contributed by atoms with E-state index in [1.807, 2.05) is 0 Å². The van der Waals surface area contributed by atoms with Crippen molar-refractivity contribution in [3.05, 3.63) is 24.3 Å². The van der Waals surface area contributed by atoms with Crippen molar-refractivity contribution in [2.24, 2.45) is 0 Å². The Kier molecular flexibility index (Phi) is 4.69. The first-order valence-corrected chi connectivity index (χ1v) is 8.12. The van der Waals surface area contributed by atoms with Crippen LogP contribution in [0, 0.1) is 0 Å². The van der Waals surface area contributed by atoms with E-state index in [4.69, 9.17) is 4.74 Å². The summed E-state index contributed by atoms with van der Waals surface area (Å²) in [6, 6.07) is 6.96. The van der Waals surface area contributed by atoms with Crippen molar-refractivity contribution < 1.29 is 23.9 Å². The van der Waals surface area contributed by atoms with Crippen molar-refractivity contribution in [2.45, 2.75) is 25.4 Å². The Bertz CT molecular complexity index is 717. The molecule has 8 nitrogen and oxygen atoms in total. The van der Waals surface area contributed by atoms with Gasteiger partial charge in [0.25, 0.3) is 5.91 Å². The average Bonchev–Trinajstić information content (AvgIpc) is 2.95. The molecule has 0 aliphatic carbocycles. The number of ether oxygens (including phenoxy) is 1. The molecule has 0 spiro atoms. The number of nitrogens with one attached hydrogen (secondary N) is 1. The van der Waals surface area contributed by atoms with Crippen LogP contribution in [0.4, 0.5) is 5.69 Å². The van der Waals surface area contributed by atoms with E-state index in [9.17, 15) is 19.2 Å². The van der Waals surface area contributed by atoms with Gasteiger partial charge in [0.1, 0.15) is 5.75 Å². The van der Waals surface area contributed by atoms with E-state index in [2.05, 4.69) is 5.32 Å². The highest BCUT2D eigenvalue weighted by molar-refractivity contribution is 6.03. The Labute approximate surface area is 144 Å². The SMILES string of the molecule is CNC(=O)[C@H]1CN(C(=O)CCN2C(=O)CCC2=O)c2ccccc2O1. The molecule has 132 valence electrons. The van der Waals surface area contributed by atoms with Crippen molar-refractivity contribution in [1.82, 2.24) is 10.2 Å². The zero-order valence-corrected chi connectivity index (χ0v) is 13.9. The Morgan fingerprint density at radius 1 is 1.20 bits per heavy atom. The number of carbonyl (C=O) groups is 4. The smallest absolute Gasteiger partial charge is 0.262 e. The van der Waals surface area contributed by atoms with Crippen LogP contribution in [0.2, 0.25) is 0 Å². The lowest BCUT2D eigenvalue weighted by molar-refractivity contribution is -0.138. The molecule has 0 saturated carbocycles. The number of para-hydroxylation sites is 2. The summed E-state index contributed by atoms with van der Waals surface area (Å²) in [7, 11) is 1.50. The Balaban J connectivity index is 1.75. The molecular weight excluding hydrogens is 326 g/mol. The first-order valence-electron chi connectivity index (χ1n) is 8.12. The molecule has 1 saturated heterocycles. The fourth-order valence-electron chi connectivity index (χ4n) is 2.98. The minimum Gasteiger partial charge on any atom is -0.477 e. The Morgan fingerprint density at radius 3 is 2.56 bits per heavy atom. The number of hydrogen-bond acceptors (Lipinski definition) is 5. The number of imide groups is 1. The van der Waals surface area contributed by atoms with Gasteiger partial charge in [-0.15, -0.1) is 0 Å². The number of nitrogens with zero attached hydrogens (tertiary/aromatic N) is 2. The van der Waals surface area contributed by atoms with E-state index in [0.717, 1.165) is 4.90 Å². The molecule has 1 aromatic carbocycles. The quantitative estimate of drug-likeness (QED) is 0.779. The second-order valence-electron chi connectivity index (χ2n) is 5.88. The van der Waals surface area contributed by atoms with Gasteiger partial charge in [-0.25, -0.2) is 0 Å². The number of amides is 4. The van der Waals surface area contributed by atoms with E-state index in [1.165, 1.54) is 11.9 Å². The average molecular weight is 345 g/mol. The molecule has 0 aromatic heterocycles. The van der Waals surface area contributed by atoms with Crippen molar-refractivity contribution in [2.75, 3.05) is 25.0 Å². The van der Waals surface area contributed by atoms with Crippen LogP contribution < -0.4 is 15.0 Å². The zero-order chi connectivity index (χ0) is 18.0. The van der Waals surface area contributed by atoms with Crippen LogP contribution in [0.5, 0.6) is 5.75 Å². The molecule has 0 bridgehead atoms. The molecule has 0 radical (unpaired) electrons. The number of hydrogen-bond donors (Lipinski definition) is 1. The number of fused-ring (bicyclic) bond motifs is 1. The third-order valence-corrected chi connectivity index (χ3v) is 4.32. The fourth-order valence-corrected chi connectivity index (χ4v) is 2.98. The predicted molar refractivity (Wildman–Crippen MR) is 87.8 cm³/mol. The van der Waals surface area contributed by atoms with Crippen LogP contribution in [-0.4, -0.2) is 54.8 Å². The molecule has 1 N–H and O–H groups in total. The van der Waals surface area contributed by atoms with Crippen LogP contribution in [0.1, 0.15) is 19.3 Å². The van der Waals surface area contributed by atoms with Gasteiger partial charge in [0.2, 0.25) is 17.7 Å². The normalized spacial score (nSPS) is 19.5. The molecule has 2 aliphatic heterocycles. The van der Waals surface area contributed by atoms with Gasteiger partial charge in [-0.1, -0.05) is 12.1 Å². The number of carbonyl (C=O) groups excluding carboxylic acids is 4. The lowest BCUT2D eigenvalue weighted by Crippen LogP contribution is -2.50. The second kappa shape index (κ2) is 6.92. The zero-order valence-electron chi connectivity index (χ0n) is 13.9. The maximum absolute atomic E-state index is 12.7. The van der Waals surface area contributed by atoms with Crippen LogP contribution in [0.15, 0.2) is 24.3 Å². The minimum absolute atomic E-state index is 0.00623. The molecule has 2 aliphatic rings. The largest absolute Gasteiger partial charge is 0.477 e. The van der Waals surface area contributed by atoms with Gasteiger partial charge in [0.15, 0.2) is 6.10 Å². The summed E-state index contributed by atoms with van der Waals surface area (Å²) in [5.41, 5.74) is 0.576. The van der Waals surface area contributed by atoms with Gasteiger partial charge >= 0.3 is 0 Å². The number of rotatable bonds is 4. The van der Waals surface area contributed by atoms with Crippen LogP contribution in [0.25, 0.3) is 0 Å². The third kappa shape index (κ3) is 3.33. The molecule has 1 fully saturated rings. The lowest BCUT2D eigenvalue weighted by Gasteiger charge is -2.34. The number of likely N-dealkylation sites (tertiary alicyclic amines) is 1. The topological polar surface area (TPSA) is 96.0 Å². The van der Waals surface area contributed by atoms with Gasteiger partial charge < -0.3 is 15.0 Å². The van der Waals surface area contributed by atoms with E-state index in [0.29, 0.717) is 11.4 Å². The Hall–Kier alpha value is -2.90. The van der Waals surface area contributed by atoms with Crippen molar-refractivity contribution >= 4 is 29.3 Å². The highest BCUT2D eigenvalue weighted by Gasteiger charge is 2.34. The summed E-state index contributed by atoms with van der Waals surface area (Å²) < 4.78 is 5.65. The number of benzene rings is 1. The minimum atomic E-state index is -0.807. The van der Waals surface area contributed by atoms with Gasteiger partial charge in [-0.3, -0.25) is 24.1 Å². The van der Waals surface area contributed by atoms with Crippen molar-refractivity contribution in [1.29, 1.82) is 0 Å². The van der Waals surface area contributed by atoms with Gasteiger partial charge in [0, 0.05) is 32.9 Å². The predicted octanol–water partition coefficient (Wildman–Crippen LogP) is 0.0657. The molecule has 0 unspecified atom stereocenters. The van der Waals surface area contributed by atoms with E-state index >= 15 is 0 Å². The summed E-state index contributed by atoms with van der Waals surface area (Å²) in [5, 5.41) is 2.51. The van der Waals surface area contributed by atoms with E-state index in [-0.39, 0.29) is 56.0 Å². The summed E-state index contributed by atoms with van der Waals surface area (Å²) in [6.07, 6.45) is -0.399. The maximum atomic E-state index is 12.7. The Morgan fingerprint density at radius 2 is 1.88 bits per heavy atom. The van der Waals surface area contributed by atoms with Crippen molar-refractivity contribution in [3.63, 3.8) is 0 Å². The summed E-state index contributed by atoms with van der Waals surface area (Å²) in [6.45, 7) is 0.137. The maximum Gasteiger partial charge on any atom is 0.262 e. The summed E-state index contributed by atoms with van der Waals surface area (Å²) in [5.74, 6) is -0.634. The highest BCUT2D eigenvalue weighted by atomic mass is 16.5. The highest BCUT2D eigenvalue weighted by Crippen LogP contribution is 2.33. The molecule has 8 heteroatoms. The number of anilines is 1. The standard InChI is InChI=1S/C17H19N3O5/c1-18-17(24)13-10-20(11-4-2-3-5-12(11)25-13)16(23)8-9-19-14(21)6-7-15(19)22/h2-5,13H,6-10H2,1H3,(H,18,24)/t13-/m1/s1. The molecule has 3 rings (SSSR count). The van der Waals surface area contributed by atoms with Crippen LogP contribution in [0.3, 0.4) is 0 Å². The molecular formula is C17H19N3O5. The first-order chi connectivity index (χ1) is 12.0. The lowest BCUT2D eigenvalue weighted by atomic mass is 10.1. The van der Waals surface area contributed by atoms with Crippen LogP contribution >= 0.6 is 0 Å². The fraction of sp³-hybridized carbons (Fsp3) is 0.412. The summed E-state index contributed by atoms with van der Waals surface area (Å²) >= 11 is 0. The number of likely N-dealkylation sites (N-methyl/N-ethyl adjacent to an activating group) is 1. The summed E-state index contributed by atoms with van der Waals surface area (Å²) in [4.78, 5) is 50.5. The van der Waals surface area contributed by atoms with Crippen LogP contribution in [-0.2, 0) is 19.2 Å². The van der Waals surface area contributed by atoms with Crippen molar-refractivity contribution in [3.8, 4) is 5.75 Å². The second-order valence-corrected chi connectivity index (χ2v) is 5.88. The van der Waals surface area contributed by atoms with E-state index in [1.54, 1.807) is 24.3 Å². The van der Waals surface area contributed by atoms with E-state index < -0.39 is 6.10 Å². The molecule has 25 heavy (non-hydrogen) atoms. The van der Waals surface area contributed by atoms with Gasteiger partial charge in [-0.05, 0) is 12.1 Å². The monoisotopic (exact) mass is 345 g/mol.